The van der Waals surface area contributed by atoms with E-state index in [1.807, 2.05) is 6.07 Å². The highest BCUT2D eigenvalue weighted by Gasteiger charge is 2.24. The number of carbonyl (C=O) groups is 1. The van der Waals surface area contributed by atoms with E-state index in [2.05, 4.69) is 21.9 Å². The van der Waals surface area contributed by atoms with Crippen molar-refractivity contribution >= 4 is 27.3 Å². The van der Waals surface area contributed by atoms with Crippen LogP contribution in [0.2, 0.25) is 0 Å². The molecule has 1 fully saturated rings. The summed E-state index contributed by atoms with van der Waals surface area (Å²) in [6.45, 7) is 5.89. The summed E-state index contributed by atoms with van der Waals surface area (Å²) in [5.41, 5.74) is 1.58. The average molecular weight is 491 g/mol. The molecule has 2 aromatic rings. The van der Waals surface area contributed by atoms with E-state index in [-0.39, 0.29) is 16.6 Å². The molecule has 1 amide bonds. The van der Waals surface area contributed by atoms with Crippen molar-refractivity contribution in [1.29, 1.82) is 0 Å². The molecule has 9 nitrogen and oxygen atoms in total. The Morgan fingerprint density at radius 2 is 1.85 bits per heavy atom. The Kier molecular flexibility index (Phi) is 8.62. The van der Waals surface area contributed by atoms with Gasteiger partial charge in [0.2, 0.25) is 0 Å². The second kappa shape index (κ2) is 11.4. The summed E-state index contributed by atoms with van der Waals surface area (Å²) in [6, 6.07) is 9.69. The maximum atomic E-state index is 13.4. The maximum absolute atomic E-state index is 13.4. The molecule has 1 saturated heterocycles. The van der Waals surface area contributed by atoms with Crippen LogP contribution >= 0.6 is 0 Å². The lowest BCUT2D eigenvalue weighted by molar-refractivity contribution is 0.0794. The molecule has 0 aliphatic carbocycles. The van der Waals surface area contributed by atoms with E-state index in [0.717, 1.165) is 44.7 Å². The number of hydrogen-bond acceptors (Lipinski definition) is 7. The minimum Gasteiger partial charge on any atom is -0.497 e. The third-order valence-corrected chi connectivity index (χ3v) is 7.19. The number of hydrogen-bond donors (Lipinski definition) is 2. The molecule has 2 aromatic carbocycles. The number of ether oxygens (including phenoxy) is 2. The molecule has 0 bridgehead atoms. The van der Waals surface area contributed by atoms with Crippen molar-refractivity contribution in [3.05, 3.63) is 42.0 Å². The molecule has 186 valence electrons. The lowest BCUT2D eigenvalue weighted by atomic mass is 10.1. The molecule has 10 heteroatoms. The Hall–Kier alpha value is -2.98. The SMILES string of the molecule is CCCCN(C)C(=O)c1cc(NS(=O)(=O)c2cc(OC)ccc2OC)ccc1N1CCNCC1. The predicted octanol–water partition coefficient (Wildman–Crippen LogP) is 2.79. The Morgan fingerprint density at radius 3 is 2.50 bits per heavy atom. The lowest BCUT2D eigenvalue weighted by Crippen LogP contribution is -2.44. The molecule has 1 heterocycles. The van der Waals surface area contributed by atoms with Gasteiger partial charge in [-0.3, -0.25) is 9.52 Å². The number of piperazine rings is 1. The first-order chi connectivity index (χ1) is 16.3. The van der Waals surface area contributed by atoms with E-state index in [0.29, 0.717) is 23.5 Å². The molecular weight excluding hydrogens is 456 g/mol. The van der Waals surface area contributed by atoms with Gasteiger partial charge in [0.15, 0.2) is 0 Å². The smallest absolute Gasteiger partial charge is 0.265 e. The van der Waals surface area contributed by atoms with Crippen LogP contribution in [0.1, 0.15) is 30.1 Å². The summed E-state index contributed by atoms with van der Waals surface area (Å²) < 4.78 is 39.5. The van der Waals surface area contributed by atoms with Crippen molar-refractivity contribution in [3.63, 3.8) is 0 Å². The van der Waals surface area contributed by atoms with Crippen LogP contribution in [0.5, 0.6) is 11.5 Å². The highest BCUT2D eigenvalue weighted by Crippen LogP contribution is 2.31. The molecule has 34 heavy (non-hydrogen) atoms. The maximum Gasteiger partial charge on any atom is 0.265 e. The highest BCUT2D eigenvalue weighted by atomic mass is 32.2. The molecule has 0 aromatic heterocycles. The molecule has 1 aliphatic rings. The van der Waals surface area contributed by atoms with E-state index < -0.39 is 10.0 Å². The van der Waals surface area contributed by atoms with Gasteiger partial charge in [-0.25, -0.2) is 8.42 Å². The minimum absolute atomic E-state index is 0.0477. The number of nitrogens with one attached hydrogen (secondary N) is 2. The second-order valence-corrected chi connectivity index (χ2v) is 9.82. The van der Waals surface area contributed by atoms with Crippen molar-refractivity contribution in [1.82, 2.24) is 10.2 Å². The number of carbonyl (C=O) groups excluding carboxylic acids is 1. The molecule has 0 spiro atoms. The van der Waals surface area contributed by atoms with Crippen LogP contribution in [0, 0.1) is 0 Å². The Labute approximate surface area is 202 Å². The van der Waals surface area contributed by atoms with E-state index in [9.17, 15) is 13.2 Å². The number of sulfonamides is 1. The lowest BCUT2D eigenvalue weighted by Gasteiger charge is -2.32. The van der Waals surface area contributed by atoms with Gasteiger partial charge in [0.25, 0.3) is 15.9 Å². The summed E-state index contributed by atoms with van der Waals surface area (Å²) in [6.07, 6.45) is 1.87. The number of benzene rings is 2. The number of rotatable bonds is 10. The van der Waals surface area contributed by atoms with Crippen LogP contribution in [0.25, 0.3) is 0 Å². The fourth-order valence-corrected chi connectivity index (χ4v) is 5.09. The van der Waals surface area contributed by atoms with Crippen molar-refractivity contribution in [2.45, 2.75) is 24.7 Å². The molecule has 0 atom stereocenters. The fraction of sp³-hybridized carbons (Fsp3) is 0.458. The molecule has 0 unspecified atom stereocenters. The van der Waals surface area contributed by atoms with Crippen LogP contribution in [-0.4, -0.2) is 73.2 Å². The monoisotopic (exact) mass is 490 g/mol. The average Bonchev–Trinajstić information content (AvgIpc) is 2.86. The number of amides is 1. The summed E-state index contributed by atoms with van der Waals surface area (Å²) in [5.74, 6) is 0.451. The minimum atomic E-state index is -4.01. The zero-order valence-electron chi connectivity index (χ0n) is 20.3. The normalized spacial score (nSPS) is 13.9. The number of anilines is 2. The summed E-state index contributed by atoms with van der Waals surface area (Å²) in [5, 5.41) is 3.31. The Balaban J connectivity index is 1.98. The zero-order valence-corrected chi connectivity index (χ0v) is 21.1. The standard InChI is InChI=1S/C24H34N4O5S/c1-5-6-13-27(2)24(29)20-16-18(7-9-21(20)28-14-11-25-12-15-28)26-34(30,31)23-17-19(32-3)8-10-22(23)33-4/h7-10,16-17,25-26H,5-6,11-15H2,1-4H3. The van der Waals surface area contributed by atoms with E-state index in [1.165, 1.54) is 20.3 Å². The topological polar surface area (TPSA) is 100 Å². The van der Waals surface area contributed by atoms with Crippen LogP contribution in [-0.2, 0) is 10.0 Å². The van der Waals surface area contributed by atoms with E-state index >= 15 is 0 Å². The van der Waals surface area contributed by atoms with Crippen molar-refractivity contribution < 1.29 is 22.7 Å². The Morgan fingerprint density at radius 1 is 1.12 bits per heavy atom. The molecule has 2 N–H and O–H groups in total. The molecule has 3 rings (SSSR count). The van der Waals surface area contributed by atoms with Crippen LogP contribution in [0.4, 0.5) is 11.4 Å². The first-order valence-electron chi connectivity index (χ1n) is 11.4. The van der Waals surface area contributed by atoms with Gasteiger partial charge < -0.3 is 24.6 Å². The van der Waals surface area contributed by atoms with Gasteiger partial charge in [0, 0.05) is 57.2 Å². The largest absolute Gasteiger partial charge is 0.497 e. The molecular formula is C24H34N4O5S. The van der Waals surface area contributed by atoms with Crippen LogP contribution in [0.15, 0.2) is 41.3 Å². The van der Waals surface area contributed by atoms with E-state index in [4.69, 9.17) is 9.47 Å². The van der Waals surface area contributed by atoms with E-state index in [1.54, 1.807) is 36.2 Å². The summed E-state index contributed by atoms with van der Waals surface area (Å²) in [7, 11) is 0.643. The number of unbranched alkanes of at least 4 members (excludes halogenated alkanes) is 1. The first-order valence-corrected chi connectivity index (χ1v) is 12.9. The summed E-state index contributed by atoms with van der Waals surface area (Å²) in [4.78, 5) is 17.1. The van der Waals surface area contributed by atoms with Gasteiger partial charge in [0.1, 0.15) is 16.4 Å². The van der Waals surface area contributed by atoms with Gasteiger partial charge in [-0.1, -0.05) is 13.3 Å². The van der Waals surface area contributed by atoms with Gasteiger partial charge in [-0.2, -0.15) is 0 Å². The Bertz CT molecular complexity index is 1100. The predicted molar refractivity (Wildman–Crippen MR) is 134 cm³/mol. The van der Waals surface area contributed by atoms with Gasteiger partial charge in [-0.05, 0) is 36.8 Å². The van der Waals surface area contributed by atoms with Gasteiger partial charge >= 0.3 is 0 Å². The highest BCUT2D eigenvalue weighted by molar-refractivity contribution is 7.92. The summed E-state index contributed by atoms with van der Waals surface area (Å²) >= 11 is 0. The molecule has 1 aliphatic heterocycles. The molecule has 0 saturated carbocycles. The van der Waals surface area contributed by atoms with Crippen LogP contribution < -0.4 is 24.4 Å². The third kappa shape index (κ3) is 5.92. The van der Waals surface area contributed by atoms with Crippen molar-refractivity contribution in [2.75, 3.05) is 63.6 Å². The quantitative estimate of drug-likeness (QED) is 0.528. The number of methoxy groups -OCH3 is 2. The van der Waals surface area contributed by atoms with Gasteiger partial charge in [-0.15, -0.1) is 0 Å². The van der Waals surface area contributed by atoms with Crippen molar-refractivity contribution in [2.24, 2.45) is 0 Å². The second-order valence-electron chi connectivity index (χ2n) is 8.17. The van der Waals surface area contributed by atoms with Crippen LogP contribution in [0.3, 0.4) is 0 Å². The van der Waals surface area contributed by atoms with Crippen molar-refractivity contribution in [3.8, 4) is 11.5 Å². The third-order valence-electron chi connectivity index (χ3n) is 5.79. The molecule has 0 radical (unpaired) electrons. The van der Waals surface area contributed by atoms with Gasteiger partial charge in [0.05, 0.1) is 19.8 Å². The first kappa shape index (κ1) is 25.6. The zero-order chi connectivity index (χ0) is 24.7. The fourth-order valence-electron chi connectivity index (χ4n) is 3.86. The number of nitrogens with zero attached hydrogens (tertiary/aromatic N) is 2.